The molecule has 0 aliphatic rings. The second-order valence-corrected chi connectivity index (χ2v) is 6.41. The molecule has 150 valence electrons. The van der Waals surface area contributed by atoms with E-state index in [2.05, 4.69) is 59.5 Å². The van der Waals surface area contributed by atoms with Gasteiger partial charge in [0, 0.05) is 37.5 Å². The molecule has 0 fully saturated rings. The van der Waals surface area contributed by atoms with Gasteiger partial charge in [-0.25, -0.2) is 4.99 Å². The van der Waals surface area contributed by atoms with Crippen LogP contribution in [0.1, 0.15) is 62.1 Å². The molecule has 6 nitrogen and oxygen atoms in total. The largest absolute Gasteiger partial charge is 0.359 e. The summed E-state index contributed by atoms with van der Waals surface area (Å²) < 4.78 is 5.45. The predicted molar refractivity (Wildman–Crippen MR) is 121 cm³/mol. The van der Waals surface area contributed by atoms with Gasteiger partial charge in [0.15, 0.2) is 11.7 Å². The molecule has 2 rings (SSSR count). The maximum Gasteiger partial charge on any atom is 0.191 e. The number of guanidine groups is 1. The van der Waals surface area contributed by atoms with E-state index in [1.807, 2.05) is 18.5 Å². The van der Waals surface area contributed by atoms with Gasteiger partial charge >= 0.3 is 0 Å². The molecule has 0 amide bonds. The van der Waals surface area contributed by atoms with Crippen LogP contribution in [0.4, 0.5) is 0 Å². The van der Waals surface area contributed by atoms with Crippen LogP contribution in [-0.2, 0) is 13.0 Å². The second kappa shape index (κ2) is 12.7. The van der Waals surface area contributed by atoms with Crippen molar-refractivity contribution < 1.29 is 4.52 Å². The first kappa shape index (κ1) is 23.4. The van der Waals surface area contributed by atoms with Crippen LogP contribution in [0, 0.1) is 6.92 Å². The zero-order valence-corrected chi connectivity index (χ0v) is 19.1. The molecule has 0 spiro atoms. The Morgan fingerprint density at radius 1 is 1.22 bits per heavy atom. The topological polar surface area (TPSA) is 75.3 Å². The molecule has 2 heterocycles. The van der Waals surface area contributed by atoms with Gasteiger partial charge in [-0.2, -0.15) is 0 Å². The van der Waals surface area contributed by atoms with Crippen LogP contribution in [0.3, 0.4) is 0 Å². The number of rotatable bonds is 9. The van der Waals surface area contributed by atoms with Crippen molar-refractivity contribution in [2.75, 3.05) is 13.1 Å². The van der Waals surface area contributed by atoms with E-state index in [1.54, 1.807) is 0 Å². The monoisotopic (exact) mass is 485 g/mol. The normalized spacial score (nSPS) is 11.4. The van der Waals surface area contributed by atoms with Gasteiger partial charge in [0.2, 0.25) is 0 Å². The molecule has 2 aromatic rings. The van der Waals surface area contributed by atoms with E-state index in [4.69, 9.17) is 4.52 Å². The molecule has 0 aliphatic heterocycles. The average molecular weight is 485 g/mol. The quantitative estimate of drug-likeness (QED) is 0.317. The number of aliphatic imine (C=N–C) groups is 1. The minimum Gasteiger partial charge on any atom is -0.359 e. The van der Waals surface area contributed by atoms with Crippen molar-refractivity contribution in [1.29, 1.82) is 0 Å². The summed E-state index contributed by atoms with van der Waals surface area (Å²) in [4.78, 5) is 8.74. The van der Waals surface area contributed by atoms with Crippen molar-refractivity contribution in [3.63, 3.8) is 0 Å². The number of halogens is 1. The zero-order valence-electron chi connectivity index (χ0n) is 16.8. The first-order chi connectivity index (χ1) is 12.7. The minimum absolute atomic E-state index is 0. The van der Waals surface area contributed by atoms with Gasteiger partial charge in [0.1, 0.15) is 6.54 Å². The number of nitrogens with one attached hydrogen (secondary N) is 2. The summed E-state index contributed by atoms with van der Waals surface area (Å²) in [6.45, 7) is 10.6. The Bertz CT molecular complexity index is 697. The van der Waals surface area contributed by atoms with Crippen LogP contribution >= 0.6 is 24.0 Å². The fraction of sp³-hybridized carbons (Fsp3) is 0.550. The molecule has 2 aromatic heterocycles. The fourth-order valence-electron chi connectivity index (χ4n) is 2.90. The molecule has 0 saturated heterocycles. The lowest BCUT2D eigenvalue weighted by molar-refractivity contribution is 0.372. The number of pyridine rings is 1. The highest BCUT2D eigenvalue weighted by molar-refractivity contribution is 14.0. The Hall–Kier alpha value is -1.64. The molecule has 2 N–H and O–H groups in total. The summed E-state index contributed by atoms with van der Waals surface area (Å²) >= 11 is 0. The Kier molecular flexibility index (Phi) is 11.0. The standard InChI is InChI=1S/C20H31N5O.HI/c1-5-16(6-2)19-12-18(26-25-19)14-24-20(22-7-3)23-11-9-17-8-10-21-13-15(17)4;/h8,10,12-13,16H,5-7,9,11,14H2,1-4H3,(H2,22,23,24);1H. The van der Waals surface area contributed by atoms with Crippen LogP contribution in [-0.4, -0.2) is 29.2 Å². The summed E-state index contributed by atoms with van der Waals surface area (Å²) in [6.07, 6.45) is 6.81. The lowest BCUT2D eigenvalue weighted by Gasteiger charge is -2.11. The lowest BCUT2D eigenvalue weighted by Crippen LogP contribution is -2.38. The summed E-state index contributed by atoms with van der Waals surface area (Å²) in [7, 11) is 0. The van der Waals surface area contributed by atoms with Gasteiger partial charge in [-0.15, -0.1) is 24.0 Å². The number of hydrogen-bond acceptors (Lipinski definition) is 4. The van der Waals surface area contributed by atoms with E-state index in [0.29, 0.717) is 12.5 Å². The SMILES string of the molecule is CCNC(=NCc1cc(C(CC)CC)no1)NCCc1ccncc1C.I. The molecule has 0 atom stereocenters. The summed E-state index contributed by atoms with van der Waals surface area (Å²) in [6, 6.07) is 4.10. The number of hydrogen-bond donors (Lipinski definition) is 2. The van der Waals surface area contributed by atoms with Crippen LogP contribution < -0.4 is 10.6 Å². The van der Waals surface area contributed by atoms with E-state index >= 15 is 0 Å². The molecule has 0 bridgehead atoms. The number of aromatic nitrogens is 2. The first-order valence-corrected chi connectivity index (χ1v) is 9.55. The van der Waals surface area contributed by atoms with Gasteiger partial charge in [0.25, 0.3) is 0 Å². The highest BCUT2D eigenvalue weighted by Gasteiger charge is 2.12. The van der Waals surface area contributed by atoms with Crippen molar-refractivity contribution in [2.24, 2.45) is 4.99 Å². The van der Waals surface area contributed by atoms with Crippen LogP contribution in [0.2, 0.25) is 0 Å². The first-order valence-electron chi connectivity index (χ1n) is 9.55. The van der Waals surface area contributed by atoms with E-state index in [1.165, 1.54) is 11.1 Å². The molecule has 7 heteroatoms. The molecular formula is C20H32IN5O. The number of aryl methyl sites for hydroxylation is 1. The smallest absolute Gasteiger partial charge is 0.191 e. The van der Waals surface area contributed by atoms with Gasteiger partial charge in [-0.1, -0.05) is 19.0 Å². The van der Waals surface area contributed by atoms with Gasteiger partial charge in [-0.3, -0.25) is 4.98 Å². The molecule has 0 unspecified atom stereocenters. The third kappa shape index (κ3) is 7.48. The van der Waals surface area contributed by atoms with Crippen molar-refractivity contribution in [3.8, 4) is 0 Å². The molecule has 0 aliphatic carbocycles. The minimum atomic E-state index is 0. The molecule has 0 radical (unpaired) electrons. The second-order valence-electron chi connectivity index (χ2n) is 6.41. The Morgan fingerprint density at radius 2 is 2.00 bits per heavy atom. The molecule has 0 aromatic carbocycles. The third-order valence-corrected chi connectivity index (χ3v) is 4.54. The molecule has 27 heavy (non-hydrogen) atoms. The predicted octanol–water partition coefficient (Wildman–Crippen LogP) is 4.20. The Labute approximate surface area is 179 Å². The van der Waals surface area contributed by atoms with Crippen LogP contribution in [0.25, 0.3) is 0 Å². The Morgan fingerprint density at radius 3 is 2.67 bits per heavy atom. The van der Waals surface area contributed by atoms with Gasteiger partial charge in [0.05, 0.1) is 5.69 Å². The average Bonchev–Trinajstić information content (AvgIpc) is 3.11. The molecular weight excluding hydrogens is 453 g/mol. The zero-order chi connectivity index (χ0) is 18.8. The Balaban J connectivity index is 0.00000364. The van der Waals surface area contributed by atoms with Gasteiger partial charge in [-0.05, 0) is 50.3 Å². The summed E-state index contributed by atoms with van der Waals surface area (Å²) in [5.41, 5.74) is 3.55. The maximum absolute atomic E-state index is 5.45. The summed E-state index contributed by atoms with van der Waals surface area (Å²) in [5, 5.41) is 10.8. The van der Waals surface area contributed by atoms with Crippen molar-refractivity contribution in [1.82, 2.24) is 20.8 Å². The third-order valence-electron chi connectivity index (χ3n) is 4.54. The highest BCUT2D eigenvalue weighted by Crippen LogP contribution is 2.22. The van der Waals surface area contributed by atoms with Crippen molar-refractivity contribution >= 4 is 29.9 Å². The van der Waals surface area contributed by atoms with E-state index in [0.717, 1.165) is 49.8 Å². The van der Waals surface area contributed by atoms with Crippen LogP contribution in [0.5, 0.6) is 0 Å². The molecule has 0 saturated carbocycles. The lowest BCUT2D eigenvalue weighted by atomic mass is 9.99. The van der Waals surface area contributed by atoms with Crippen molar-refractivity contribution in [3.05, 3.63) is 47.1 Å². The summed E-state index contributed by atoms with van der Waals surface area (Å²) in [5.74, 6) is 2.06. The van der Waals surface area contributed by atoms with E-state index in [9.17, 15) is 0 Å². The van der Waals surface area contributed by atoms with Gasteiger partial charge < -0.3 is 15.2 Å². The van der Waals surface area contributed by atoms with E-state index in [-0.39, 0.29) is 24.0 Å². The highest BCUT2D eigenvalue weighted by atomic mass is 127. The van der Waals surface area contributed by atoms with E-state index < -0.39 is 0 Å². The van der Waals surface area contributed by atoms with Crippen LogP contribution in [0.15, 0.2) is 34.0 Å². The number of nitrogens with zero attached hydrogens (tertiary/aromatic N) is 3. The fourth-order valence-corrected chi connectivity index (χ4v) is 2.90. The maximum atomic E-state index is 5.45. The van der Waals surface area contributed by atoms with Crippen molar-refractivity contribution in [2.45, 2.75) is 59.4 Å².